The topological polar surface area (TPSA) is 54.3 Å². The molecular formula is C23H24ClN3O2. The van der Waals surface area contributed by atoms with Gasteiger partial charge in [-0.2, -0.15) is 0 Å². The van der Waals surface area contributed by atoms with Crippen molar-refractivity contribution in [2.45, 2.75) is 18.8 Å². The number of nitrogens with zero attached hydrogens (tertiary/aromatic N) is 2. The second kappa shape index (κ2) is 7.08. The quantitative estimate of drug-likeness (QED) is 0.504. The van der Waals surface area contributed by atoms with Crippen molar-refractivity contribution in [2.75, 3.05) is 26.7 Å². The first kappa shape index (κ1) is 18.5. The summed E-state index contributed by atoms with van der Waals surface area (Å²) in [6, 6.07) is 12.0. The van der Waals surface area contributed by atoms with Crippen molar-refractivity contribution in [2.24, 2.45) is 5.92 Å². The second-order valence-electron chi connectivity index (χ2n) is 8.04. The highest BCUT2D eigenvalue weighted by Gasteiger charge is 2.36. The first-order chi connectivity index (χ1) is 13.8. The standard InChI is InChI=1S/C23H23N3O2.ClH/c1-27-19-5-3-2-4-15(19)23-25-22-20(28-23)7-6-18-21(22)16(12-24-18)17-13-26-10-8-14(17)9-11-26;/h2-7,12,14,17,24H,8-11,13H2,1H3;1H. The van der Waals surface area contributed by atoms with Crippen LogP contribution in [0.2, 0.25) is 0 Å². The third-order valence-corrected chi connectivity index (χ3v) is 6.63. The van der Waals surface area contributed by atoms with Gasteiger partial charge >= 0.3 is 0 Å². The van der Waals surface area contributed by atoms with Gasteiger partial charge in [0.15, 0.2) is 5.58 Å². The van der Waals surface area contributed by atoms with Crippen molar-refractivity contribution in [3.8, 4) is 17.2 Å². The molecule has 5 heterocycles. The van der Waals surface area contributed by atoms with Gasteiger partial charge in [0.25, 0.3) is 0 Å². The number of hydrogen-bond donors (Lipinski definition) is 1. The molecule has 1 N–H and O–H groups in total. The summed E-state index contributed by atoms with van der Waals surface area (Å²) in [5, 5.41) is 1.22. The molecule has 1 atom stereocenters. The predicted molar refractivity (Wildman–Crippen MR) is 117 cm³/mol. The van der Waals surface area contributed by atoms with Crippen LogP contribution in [0.1, 0.15) is 24.3 Å². The minimum absolute atomic E-state index is 0. The van der Waals surface area contributed by atoms with E-state index in [1.807, 2.05) is 30.3 Å². The van der Waals surface area contributed by atoms with Gasteiger partial charge in [-0.1, -0.05) is 12.1 Å². The number of methoxy groups -OCH3 is 1. The number of nitrogens with one attached hydrogen (secondary N) is 1. The molecule has 2 aromatic heterocycles. The van der Waals surface area contributed by atoms with Crippen molar-refractivity contribution in [1.82, 2.24) is 14.9 Å². The van der Waals surface area contributed by atoms with Gasteiger partial charge in [-0.05, 0) is 61.7 Å². The lowest BCUT2D eigenvalue weighted by Crippen LogP contribution is -2.46. The first-order valence-corrected chi connectivity index (χ1v) is 10.1. The van der Waals surface area contributed by atoms with Gasteiger partial charge in [0.05, 0.1) is 12.7 Å². The van der Waals surface area contributed by atoms with Crippen molar-refractivity contribution < 1.29 is 9.15 Å². The van der Waals surface area contributed by atoms with Crippen molar-refractivity contribution in [1.29, 1.82) is 0 Å². The summed E-state index contributed by atoms with van der Waals surface area (Å²) in [7, 11) is 1.68. The highest BCUT2D eigenvalue weighted by Crippen LogP contribution is 2.43. The fourth-order valence-corrected chi connectivity index (χ4v) is 5.18. The van der Waals surface area contributed by atoms with E-state index in [-0.39, 0.29) is 12.4 Å². The molecule has 2 aromatic carbocycles. The zero-order valence-electron chi connectivity index (χ0n) is 16.4. The van der Waals surface area contributed by atoms with Gasteiger partial charge in [-0.3, -0.25) is 0 Å². The molecule has 3 fully saturated rings. The molecule has 3 aliphatic heterocycles. The zero-order valence-corrected chi connectivity index (χ0v) is 17.2. The molecule has 0 radical (unpaired) electrons. The smallest absolute Gasteiger partial charge is 0.231 e. The van der Waals surface area contributed by atoms with Crippen LogP contribution >= 0.6 is 12.4 Å². The predicted octanol–water partition coefficient (Wildman–Crippen LogP) is 5.22. The second-order valence-corrected chi connectivity index (χ2v) is 8.04. The van der Waals surface area contributed by atoms with E-state index in [0.29, 0.717) is 11.8 Å². The lowest BCUT2D eigenvalue weighted by Gasteiger charge is -2.44. The molecule has 5 nitrogen and oxygen atoms in total. The number of oxazole rings is 1. The van der Waals surface area contributed by atoms with E-state index < -0.39 is 0 Å². The normalized spacial score (nSPS) is 23.4. The van der Waals surface area contributed by atoms with Crippen molar-refractivity contribution in [3.05, 3.63) is 48.2 Å². The van der Waals surface area contributed by atoms with Crippen LogP contribution in [0.25, 0.3) is 33.5 Å². The van der Waals surface area contributed by atoms with Crippen LogP contribution in [0.5, 0.6) is 5.75 Å². The summed E-state index contributed by atoms with van der Waals surface area (Å²) in [5.41, 5.74) is 5.20. The molecule has 6 heteroatoms. The SMILES string of the molecule is COc1ccccc1-c1nc2c(ccc3[nH]cc(C4CN5CCC4CC5)c32)o1.Cl. The monoisotopic (exact) mass is 409 g/mol. The van der Waals surface area contributed by atoms with E-state index in [4.69, 9.17) is 14.1 Å². The molecule has 0 aliphatic carbocycles. The minimum Gasteiger partial charge on any atom is -0.496 e. The number of para-hydroxylation sites is 1. The number of aromatic amines is 1. The number of rotatable bonds is 3. The molecule has 4 aromatic rings. The van der Waals surface area contributed by atoms with E-state index >= 15 is 0 Å². The number of fused-ring (bicyclic) bond motifs is 6. The summed E-state index contributed by atoms with van der Waals surface area (Å²) >= 11 is 0. The average Bonchev–Trinajstić information content (AvgIpc) is 3.38. The van der Waals surface area contributed by atoms with Crippen LogP contribution < -0.4 is 4.74 Å². The molecule has 150 valence electrons. The molecule has 3 aliphatic rings. The molecule has 1 unspecified atom stereocenters. The maximum absolute atomic E-state index is 6.16. The number of halogens is 1. The Morgan fingerprint density at radius 1 is 1.14 bits per heavy atom. The van der Waals surface area contributed by atoms with Gasteiger partial charge in [0.1, 0.15) is 11.3 Å². The third kappa shape index (κ3) is 2.83. The van der Waals surface area contributed by atoms with Crippen LogP contribution in [0.4, 0.5) is 0 Å². The molecule has 7 rings (SSSR count). The molecule has 0 saturated carbocycles. The van der Waals surface area contributed by atoms with Crippen LogP contribution in [-0.2, 0) is 0 Å². The molecule has 2 bridgehead atoms. The Balaban J connectivity index is 0.00000181. The fraction of sp³-hybridized carbons (Fsp3) is 0.348. The Bertz CT molecular complexity index is 1170. The summed E-state index contributed by atoms with van der Waals surface area (Å²) in [5.74, 6) is 2.74. The number of piperidine rings is 3. The Hall–Kier alpha value is -2.50. The zero-order chi connectivity index (χ0) is 18.7. The fourth-order valence-electron chi connectivity index (χ4n) is 5.18. The van der Waals surface area contributed by atoms with E-state index in [9.17, 15) is 0 Å². The van der Waals surface area contributed by atoms with Crippen molar-refractivity contribution in [3.63, 3.8) is 0 Å². The average molecular weight is 410 g/mol. The largest absolute Gasteiger partial charge is 0.496 e. The molecule has 29 heavy (non-hydrogen) atoms. The maximum Gasteiger partial charge on any atom is 0.231 e. The van der Waals surface area contributed by atoms with Crippen molar-refractivity contribution >= 4 is 34.4 Å². The summed E-state index contributed by atoms with van der Waals surface area (Å²) in [4.78, 5) is 11.0. The van der Waals surface area contributed by atoms with Crippen LogP contribution in [0.15, 0.2) is 47.0 Å². The number of ether oxygens (including phenoxy) is 1. The van der Waals surface area contributed by atoms with Gasteiger partial charge in [0.2, 0.25) is 5.89 Å². The number of H-pyrrole nitrogens is 1. The van der Waals surface area contributed by atoms with Crippen LogP contribution in [-0.4, -0.2) is 41.6 Å². The number of aromatic nitrogens is 2. The number of benzene rings is 2. The Kier molecular flexibility index (Phi) is 4.52. The highest BCUT2D eigenvalue weighted by atomic mass is 35.5. The van der Waals surface area contributed by atoms with E-state index in [1.165, 1.54) is 36.9 Å². The van der Waals surface area contributed by atoms with E-state index in [1.54, 1.807) is 7.11 Å². The third-order valence-electron chi connectivity index (χ3n) is 6.63. The summed E-state index contributed by atoms with van der Waals surface area (Å²) in [6.07, 6.45) is 4.81. The van der Waals surface area contributed by atoms with Gasteiger partial charge in [-0.25, -0.2) is 4.98 Å². The Labute approximate surface area is 175 Å². The van der Waals surface area contributed by atoms with Crippen LogP contribution in [0.3, 0.4) is 0 Å². The van der Waals surface area contributed by atoms with Crippen LogP contribution in [0, 0.1) is 5.92 Å². The van der Waals surface area contributed by atoms with E-state index in [2.05, 4.69) is 22.1 Å². The Morgan fingerprint density at radius 2 is 1.97 bits per heavy atom. The number of hydrogen-bond acceptors (Lipinski definition) is 4. The summed E-state index contributed by atoms with van der Waals surface area (Å²) in [6.45, 7) is 3.66. The van der Waals surface area contributed by atoms with Gasteiger partial charge in [-0.15, -0.1) is 12.4 Å². The Morgan fingerprint density at radius 3 is 2.72 bits per heavy atom. The van der Waals surface area contributed by atoms with E-state index in [0.717, 1.165) is 40.4 Å². The lowest BCUT2D eigenvalue weighted by molar-refractivity contribution is 0.0877. The maximum atomic E-state index is 6.16. The molecule has 0 spiro atoms. The molecule has 0 amide bonds. The molecular weight excluding hydrogens is 386 g/mol. The van der Waals surface area contributed by atoms with Gasteiger partial charge in [0, 0.05) is 29.6 Å². The lowest BCUT2D eigenvalue weighted by atomic mass is 9.75. The first-order valence-electron chi connectivity index (χ1n) is 10.1. The van der Waals surface area contributed by atoms with Gasteiger partial charge < -0.3 is 19.0 Å². The highest BCUT2D eigenvalue weighted by molar-refractivity contribution is 6.05. The molecule has 3 saturated heterocycles. The summed E-state index contributed by atoms with van der Waals surface area (Å²) < 4.78 is 11.7. The minimum atomic E-state index is 0.